The first-order valence-electron chi connectivity index (χ1n) is 9.55. The van der Waals surface area contributed by atoms with E-state index < -0.39 is 11.6 Å². The minimum atomic E-state index is -1.71. The predicted octanol–water partition coefficient (Wildman–Crippen LogP) is 4.24. The number of fused-ring (bicyclic) bond motifs is 2. The molecule has 2 fully saturated rings. The van der Waals surface area contributed by atoms with Crippen molar-refractivity contribution < 1.29 is 14.6 Å². The topological polar surface area (TPSA) is 49.8 Å². The van der Waals surface area contributed by atoms with E-state index in [1.807, 2.05) is 22.9 Å². The molecule has 1 N–H and O–H groups in total. The van der Waals surface area contributed by atoms with Gasteiger partial charge in [0.1, 0.15) is 6.10 Å². The first-order valence-corrected chi connectivity index (χ1v) is 11.3. The maximum atomic E-state index is 13.2. The van der Waals surface area contributed by atoms with Crippen LogP contribution in [-0.2, 0) is 15.1 Å². The molecular formula is C21H27NO3S2. The van der Waals surface area contributed by atoms with Gasteiger partial charge in [-0.25, -0.2) is 4.79 Å². The van der Waals surface area contributed by atoms with Crippen LogP contribution in [0, 0.1) is 5.41 Å². The number of esters is 1. The Morgan fingerprint density at radius 1 is 1.22 bits per heavy atom. The zero-order chi connectivity index (χ0) is 19.2. The normalized spacial score (nSPS) is 28.1. The molecule has 2 aliphatic heterocycles. The van der Waals surface area contributed by atoms with Crippen LogP contribution in [0.25, 0.3) is 0 Å². The van der Waals surface area contributed by atoms with Crippen molar-refractivity contribution in [3.05, 3.63) is 44.8 Å². The van der Waals surface area contributed by atoms with Gasteiger partial charge in [-0.05, 0) is 54.6 Å². The summed E-state index contributed by atoms with van der Waals surface area (Å²) < 4.78 is 5.98. The van der Waals surface area contributed by atoms with E-state index in [9.17, 15) is 9.90 Å². The molecule has 146 valence electrons. The monoisotopic (exact) mass is 405 g/mol. The van der Waals surface area contributed by atoms with Gasteiger partial charge in [0.2, 0.25) is 5.60 Å². The van der Waals surface area contributed by atoms with E-state index in [2.05, 4.69) is 25.8 Å². The number of hydrogen-bond donors (Lipinski definition) is 1. The third-order valence-electron chi connectivity index (χ3n) is 6.44. The van der Waals surface area contributed by atoms with Crippen molar-refractivity contribution in [3.8, 4) is 0 Å². The molecule has 0 radical (unpaired) electrons. The number of hydrogen-bond acceptors (Lipinski definition) is 6. The maximum absolute atomic E-state index is 13.2. The quantitative estimate of drug-likeness (QED) is 0.773. The second kappa shape index (κ2) is 6.99. The Bertz CT molecular complexity index is 750. The molecule has 27 heavy (non-hydrogen) atoms. The smallest absolute Gasteiger partial charge is 0.349 e. The number of carbonyl (C=O) groups excluding carboxylic acids is 1. The van der Waals surface area contributed by atoms with Crippen molar-refractivity contribution in [2.75, 3.05) is 7.05 Å². The molecule has 2 aromatic rings. The first-order chi connectivity index (χ1) is 12.8. The van der Waals surface area contributed by atoms with Gasteiger partial charge in [0.05, 0.1) is 9.75 Å². The number of rotatable bonds is 4. The third kappa shape index (κ3) is 3.27. The van der Waals surface area contributed by atoms with Crippen LogP contribution in [0.15, 0.2) is 35.0 Å². The van der Waals surface area contributed by atoms with E-state index in [0.29, 0.717) is 21.8 Å². The van der Waals surface area contributed by atoms with Crippen LogP contribution in [0.4, 0.5) is 0 Å². The van der Waals surface area contributed by atoms with Gasteiger partial charge in [-0.3, -0.25) is 4.90 Å². The molecular weight excluding hydrogens is 378 g/mol. The largest absolute Gasteiger partial charge is 0.460 e. The first kappa shape index (κ1) is 19.1. The van der Waals surface area contributed by atoms with Crippen LogP contribution in [0.5, 0.6) is 0 Å². The van der Waals surface area contributed by atoms with Crippen LogP contribution in [-0.4, -0.2) is 41.2 Å². The Hall–Kier alpha value is -1.21. The summed E-state index contributed by atoms with van der Waals surface area (Å²) in [6, 6.07) is 8.17. The molecule has 2 bridgehead atoms. The van der Waals surface area contributed by atoms with Crippen molar-refractivity contribution in [1.29, 1.82) is 0 Å². The summed E-state index contributed by atoms with van der Waals surface area (Å²) in [5.41, 5.74) is -1.50. The van der Waals surface area contributed by atoms with Gasteiger partial charge < -0.3 is 9.84 Å². The summed E-state index contributed by atoms with van der Waals surface area (Å²) in [5.74, 6) is -0.544. The number of nitrogens with zero attached hydrogens (tertiary/aromatic N) is 1. The number of piperidine rings is 2. The second-order valence-electron chi connectivity index (χ2n) is 8.53. The molecule has 0 aliphatic carbocycles. The zero-order valence-corrected chi connectivity index (χ0v) is 17.7. The molecule has 0 saturated carbocycles. The van der Waals surface area contributed by atoms with Crippen molar-refractivity contribution in [3.63, 3.8) is 0 Å². The van der Waals surface area contributed by atoms with Gasteiger partial charge in [0.15, 0.2) is 0 Å². The summed E-state index contributed by atoms with van der Waals surface area (Å²) >= 11 is 2.77. The molecule has 2 saturated heterocycles. The molecule has 0 unspecified atom stereocenters. The van der Waals surface area contributed by atoms with E-state index in [1.165, 1.54) is 29.1 Å². The molecule has 4 heterocycles. The highest BCUT2D eigenvalue weighted by atomic mass is 32.1. The Labute approximate surface area is 168 Å². The maximum Gasteiger partial charge on any atom is 0.349 e. The molecule has 4 nitrogen and oxygen atoms in total. The molecule has 2 aromatic heterocycles. The van der Waals surface area contributed by atoms with Crippen molar-refractivity contribution in [2.24, 2.45) is 5.41 Å². The van der Waals surface area contributed by atoms with E-state index in [-0.39, 0.29) is 11.5 Å². The lowest BCUT2D eigenvalue weighted by Gasteiger charge is -2.54. The van der Waals surface area contributed by atoms with E-state index >= 15 is 0 Å². The molecule has 0 spiro atoms. The van der Waals surface area contributed by atoms with Crippen LogP contribution in [0.3, 0.4) is 0 Å². The minimum absolute atomic E-state index is 0.144. The molecule has 4 rings (SSSR count). The highest BCUT2D eigenvalue weighted by Crippen LogP contribution is 2.45. The average Bonchev–Trinajstić information content (AvgIpc) is 3.33. The number of ether oxygens (including phenoxy) is 1. The standard InChI is InChI=1S/C21H27NO3S2/c1-20(2)9-8-14-12-15(13-16(20)22(14)3)25-19(23)21(24,17-6-4-10-26-17)18-7-5-11-27-18/h4-7,10-11,14-16,24H,8-9,12-13H2,1-3H3/t14-,15-,16+/m1/s1. The van der Waals surface area contributed by atoms with E-state index in [1.54, 1.807) is 12.1 Å². The van der Waals surface area contributed by atoms with Crippen LogP contribution in [0.2, 0.25) is 0 Å². The minimum Gasteiger partial charge on any atom is -0.460 e. The molecule has 0 amide bonds. The highest BCUT2D eigenvalue weighted by molar-refractivity contribution is 7.12. The van der Waals surface area contributed by atoms with Gasteiger partial charge >= 0.3 is 5.97 Å². The number of thiophene rings is 2. The molecule has 2 aliphatic rings. The molecule has 0 aromatic carbocycles. The fourth-order valence-corrected chi connectivity index (χ4v) is 6.47. The fourth-order valence-electron chi connectivity index (χ4n) is 4.76. The lowest BCUT2D eigenvalue weighted by Crippen LogP contribution is -2.59. The third-order valence-corrected chi connectivity index (χ3v) is 8.39. The Morgan fingerprint density at radius 2 is 1.85 bits per heavy atom. The average molecular weight is 406 g/mol. The SMILES string of the molecule is CN1[C@@H]2CCC(C)(C)[C@@H]1C[C@H](OC(=O)C(O)(c1cccs1)c1cccs1)C2. The van der Waals surface area contributed by atoms with E-state index in [4.69, 9.17) is 4.74 Å². The summed E-state index contributed by atoms with van der Waals surface area (Å²) in [6.07, 6.45) is 3.88. The van der Waals surface area contributed by atoms with Crippen molar-refractivity contribution in [2.45, 2.75) is 63.3 Å². The molecule has 3 atom stereocenters. The summed E-state index contributed by atoms with van der Waals surface area (Å²) in [5, 5.41) is 15.2. The summed E-state index contributed by atoms with van der Waals surface area (Å²) in [6.45, 7) is 4.62. The Balaban J connectivity index is 1.58. The molecule has 6 heteroatoms. The van der Waals surface area contributed by atoms with Gasteiger partial charge in [-0.2, -0.15) is 0 Å². The van der Waals surface area contributed by atoms with Gasteiger partial charge in [-0.15, -0.1) is 22.7 Å². The van der Waals surface area contributed by atoms with Crippen molar-refractivity contribution >= 4 is 28.6 Å². The second-order valence-corrected chi connectivity index (χ2v) is 10.4. The van der Waals surface area contributed by atoms with Gasteiger partial charge in [0.25, 0.3) is 0 Å². The zero-order valence-electron chi connectivity index (χ0n) is 16.1. The van der Waals surface area contributed by atoms with E-state index in [0.717, 1.165) is 19.3 Å². The lowest BCUT2D eigenvalue weighted by molar-refractivity contribution is -0.175. The lowest BCUT2D eigenvalue weighted by atomic mass is 9.68. The Morgan fingerprint density at radius 3 is 2.41 bits per heavy atom. The highest BCUT2D eigenvalue weighted by Gasteiger charge is 2.49. The summed E-state index contributed by atoms with van der Waals surface area (Å²) in [4.78, 5) is 16.9. The van der Waals surface area contributed by atoms with Gasteiger partial charge in [0, 0.05) is 18.5 Å². The number of carbonyl (C=O) groups is 1. The Kier molecular flexibility index (Phi) is 4.95. The van der Waals surface area contributed by atoms with Crippen LogP contribution in [0.1, 0.15) is 49.3 Å². The van der Waals surface area contributed by atoms with Crippen LogP contribution < -0.4 is 0 Å². The fraction of sp³-hybridized carbons (Fsp3) is 0.571. The van der Waals surface area contributed by atoms with Crippen LogP contribution >= 0.6 is 22.7 Å². The predicted molar refractivity (Wildman–Crippen MR) is 109 cm³/mol. The van der Waals surface area contributed by atoms with Crippen molar-refractivity contribution in [1.82, 2.24) is 4.90 Å². The van der Waals surface area contributed by atoms with Gasteiger partial charge in [-0.1, -0.05) is 26.0 Å². The summed E-state index contributed by atoms with van der Waals surface area (Å²) in [7, 11) is 2.20. The number of aliphatic hydroxyl groups is 1.